The van der Waals surface area contributed by atoms with Crippen LogP contribution in [0.25, 0.3) is 10.6 Å². The molecule has 28 heavy (non-hydrogen) atoms. The lowest BCUT2D eigenvalue weighted by molar-refractivity contribution is -0.137. The molecule has 0 saturated heterocycles. The Balaban J connectivity index is 1.51. The van der Waals surface area contributed by atoms with Gasteiger partial charge in [-0.2, -0.15) is 13.2 Å². The lowest BCUT2D eigenvalue weighted by Crippen LogP contribution is -2.28. The summed E-state index contributed by atoms with van der Waals surface area (Å²) in [6.07, 6.45) is -4.52. The number of nitrogens with zero attached hydrogens (tertiary/aromatic N) is 2. The Kier molecular flexibility index (Phi) is 5.96. The molecular formula is C17H14F3N3O3S2. The van der Waals surface area contributed by atoms with Crippen molar-refractivity contribution in [1.82, 2.24) is 14.9 Å². The SMILES string of the molecule is O=S(=O)(NCCOc1ccc(-c2cccs2)nn1)c1ccc(C(F)(F)F)cc1. The van der Waals surface area contributed by atoms with Gasteiger partial charge in [0.25, 0.3) is 0 Å². The molecule has 0 saturated carbocycles. The molecule has 0 aliphatic carbocycles. The highest BCUT2D eigenvalue weighted by molar-refractivity contribution is 7.89. The topological polar surface area (TPSA) is 81.2 Å². The van der Waals surface area contributed by atoms with Crippen molar-refractivity contribution in [2.75, 3.05) is 13.2 Å². The van der Waals surface area contributed by atoms with E-state index >= 15 is 0 Å². The van der Waals surface area contributed by atoms with Crippen LogP contribution in [0, 0.1) is 0 Å². The highest BCUT2D eigenvalue weighted by Gasteiger charge is 2.30. The van der Waals surface area contributed by atoms with E-state index in [4.69, 9.17) is 4.74 Å². The number of benzene rings is 1. The molecule has 0 radical (unpaired) electrons. The fourth-order valence-electron chi connectivity index (χ4n) is 2.19. The van der Waals surface area contributed by atoms with Gasteiger partial charge < -0.3 is 4.74 Å². The fraction of sp³-hybridized carbons (Fsp3) is 0.176. The molecule has 0 aliphatic heterocycles. The van der Waals surface area contributed by atoms with Crippen LogP contribution in [0.5, 0.6) is 5.88 Å². The van der Waals surface area contributed by atoms with Crippen LogP contribution in [0.2, 0.25) is 0 Å². The molecule has 3 aromatic rings. The number of halogens is 3. The molecule has 0 atom stereocenters. The molecule has 11 heteroatoms. The molecule has 2 aromatic heterocycles. The fourth-order valence-corrected chi connectivity index (χ4v) is 3.89. The minimum absolute atomic E-state index is 0.0209. The average Bonchev–Trinajstić information content (AvgIpc) is 3.20. The summed E-state index contributed by atoms with van der Waals surface area (Å²) >= 11 is 1.52. The summed E-state index contributed by atoms with van der Waals surface area (Å²) in [6, 6.07) is 10.4. The van der Waals surface area contributed by atoms with Crippen LogP contribution in [0.1, 0.15) is 5.56 Å². The molecule has 2 heterocycles. The zero-order valence-electron chi connectivity index (χ0n) is 14.2. The zero-order chi connectivity index (χ0) is 20.2. The van der Waals surface area contributed by atoms with E-state index in [0.29, 0.717) is 5.69 Å². The number of nitrogens with one attached hydrogen (secondary N) is 1. The summed E-state index contributed by atoms with van der Waals surface area (Å²) in [5, 5.41) is 9.86. The molecule has 0 spiro atoms. The van der Waals surface area contributed by atoms with Crippen molar-refractivity contribution in [2.24, 2.45) is 0 Å². The molecule has 148 valence electrons. The van der Waals surface area contributed by atoms with Crippen molar-refractivity contribution in [3.05, 3.63) is 59.5 Å². The van der Waals surface area contributed by atoms with Crippen LogP contribution in [-0.4, -0.2) is 31.8 Å². The third kappa shape index (κ3) is 5.06. The predicted octanol–water partition coefficient (Wildman–Crippen LogP) is 3.58. The average molecular weight is 429 g/mol. The van der Waals surface area contributed by atoms with E-state index in [1.807, 2.05) is 17.5 Å². The second-order valence-electron chi connectivity index (χ2n) is 5.50. The van der Waals surface area contributed by atoms with Gasteiger partial charge in [-0.1, -0.05) is 6.07 Å². The van der Waals surface area contributed by atoms with E-state index in [9.17, 15) is 21.6 Å². The second-order valence-corrected chi connectivity index (χ2v) is 8.22. The van der Waals surface area contributed by atoms with Crippen molar-refractivity contribution in [1.29, 1.82) is 0 Å². The molecular weight excluding hydrogens is 415 g/mol. The first-order valence-corrected chi connectivity index (χ1v) is 10.3. The van der Waals surface area contributed by atoms with Crippen molar-refractivity contribution < 1.29 is 26.3 Å². The number of rotatable bonds is 7. The maximum atomic E-state index is 12.5. The Labute approximate surface area is 163 Å². The Morgan fingerprint density at radius 3 is 2.36 bits per heavy atom. The second kappa shape index (κ2) is 8.25. The number of ether oxygens (including phenoxy) is 1. The van der Waals surface area contributed by atoms with Crippen LogP contribution in [0.3, 0.4) is 0 Å². The molecule has 0 unspecified atom stereocenters. The van der Waals surface area contributed by atoms with Crippen LogP contribution < -0.4 is 9.46 Å². The standard InChI is InChI=1S/C17H14F3N3O3S2/c18-17(19,20)12-3-5-13(6-4-12)28(24,25)21-9-10-26-16-8-7-14(22-23-16)15-2-1-11-27-15/h1-8,11,21H,9-10H2. The Bertz CT molecular complexity index is 1000. The number of hydrogen-bond acceptors (Lipinski definition) is 6. The third-order valence-electron chi connectivity index (χ3n) is 3.55. The van der Waals surface area contributed by atoms with E-state index in [-0.39, 0.29) is 23.9 Å². The molecule has 0 amide bonds. The van der Waals surface area contributed by atoms with E-state index in [1.165, 1.54) is 11.3 Å². The third-order valence-corrected chi connectivity index (χ3v) is 5.92. The Morgan fingerprint density at radius 2 is 1.79 bits per heavy atom. The summed E-state index contributed by atoms with van der Waals surface area (Å²) in [4.78, 5) is 0.698. The predicted molar refractivity (Wildman–Crippen MR) is 97.5 cm³/mol. The number of sulfonamides is 1. The first kappa shape index (κ1) is 20.2. The lowest BCUT2D eigenvalue weighted by atomic mass is 10.2. The highest BCUT2D eigenvalue weighted by Crippen LogP contribution is 2.29. The molecule has 0 fully saturated rings. The molecule has 1 aromatic carbocycles. The van der Waals surface area contributed by atoms with Gasteiger partial charge in [-0.05, 0) is 41.8 Å². The minimum atomic E-state index is -4.52. The summed E-state index contributed by atoms with van der Waals surface area (Å²) in [5.74, 6) is 0.231. The lowest BCUT2D eigenvalue weighted by Gasteiger charge is -2.10. The number of aromatic nitrogens is 2. The van der Waals surface area contributed by atoms with Crippen LogP contribution in [0.15, 0.2) is 58.8 Å². The maximum absolute atomic E-state index is 12.5. The van der Waals surface area contributed by atoms with Crippen LogP contribution in [0.4, 0.5) is 13.2 Å². The van der Waals surface area contributed by atoms with Gasteiger partial charge in [-0.15, -0.1) is 21.5 Å². The van der Waals surface area contributed by atoms with Gasteiger partial charge >= 0.3 is 6.18 Å². The molecule has 0 bridgehead atoms. The first-order valence-electron chi connectivity index (χ1n) is 7.93. The molecule has 1 N–H and O–H groups in total. The van der Waals surface area contributed by atoms with Gasteiger partial charge in [0.05, 0.1) is 15.3 Å². The molecule has 6 nitrogen and oxygen atoms in total. The maximum Gasteiger partial charge on any atom is 0.416 e. The van der Waals surface area contributed by atoms with E-state index in [2.05, 4.69) is 14.9 Å². The highest BCUT2D eigenvalue weighted by atomic mass is 32.2. The Hall–Kier alpha value is -2.50. The summed E-state index contributed by atoms with van der Waals surface area (Å²) in [7, 11) is -3.95. The van der Waals surface area contributed by atoms with Gasteiger partial charge in [0.2, 0.25) is 15.9 Å². The Morgan fingerprint density at radius 1 is 1.04 bits per heavy atom. The summed E-state index contributed by atoms with van der Waals surface area (Å²) in [6.45, 7) is -0.107. The van der Waals surface area contributed by atoms with Crippen LogP contribution >= 0.6 is 11.3 Å². The zero-order valence-corrected chi connectivity index (χ0v) is 15.8. The molecule has 0 aliphatic rings. The first-order chi connectivity index (χ1) is 13.3. The number of hydrogen-bond donors (Lipinski definition) is 1. The van der Waals surface area contributed by atoms with Crippen molar-refractivity contribution >= 4 is 21.4 Å². The van der Waals surface area contributed by atoms with Gasteiger partial charge in [0.15, 0.2) is 0 Å². The largest absolute Gasteiger partial charge is 0.475 e. The minimum Gasteiger partial charge on any atom is -0.475 e. The summed E-state index contributed by atoms with van der Waals surface area (Å²) in [5.41, 5.74) is -0.218. The van der Waals surface area contributed by atoms with Crippen LogP contribution in [-0.2, 0) is 16.2 Å². The normalized spacial score (nSPS) is 12.1. The van der Waals surface area contributed by atoms with Gasteiger partial charge in [0, 0.05) is 12.6 Å². The number of thiophene rings is 1. The van der Waals surface area contributed by atoms with E-state index in [0.717, 1.165) is 29.1 Å². The molecule has 3 rings (SSSR count). The smallest absolute Gasteiger partial charge is 0.416 e. The summed E-state index contributed by atoms with van der Waals surface area (Å²) < 4.78 is 69.4. The van der Waals surface area contributed by atoms with E-state index in [1.54, 1.807) is 12.1 Å². The van der Waals surface area contributed by atoms with Gasteiger partial charge in [0.1, 0.15) is 12.3 Å². The van der Waals surface area contributed by atoms with Gasteiger partial charge in [-0.25, -0.2) is 13.1 Å². The van der Waals surface area contributed by atoms with Crippen molar-refractivity contribution in [2.45, 2.75) is 11.1 Å². The van der Waals surface area contributed by atoms with Crippen molar-refractivity contribution in [3.63, 3.8) is 0 Å². The quantitative estimate of drug-likeness (QED) is 0.581. The number of alkyl halides is 3. The monoisotopic (exact) mass is 429 g/mol. The van der Waals surface area contributed by atoms with Crippen molar-refractivity contribution in [3.8, 4) is 16.5 Å². The van der Waals surface area contributed by atoms with Gasteiger partial charge in [-0.3, -0.25) is 0 Å². The van der Waals surface area contributed by atoms with E-state index < -0.39 is 21.8 Å².